The maximum absolute atomic E-state index is 11.2. The highest BCUT2D eigenvalue weighted by molar-refractivity contribution is 7.89. The molecule has 74 valence electrons. The van der Waals surface area contributed by atoms with Gasteiger partial charge < -0.3 is 4.52 Å². The van der Waals surface area contributed by atoms with Crippen LogP contribution in [0.2, 0.25) is 0 Å². The first-order chi connectivity index (χ1) is 6.50. The quantitative estimate of drug-likeness (QED) is 0.756. The zero-order chi connectivity index (χ0) is 10.3. The topological polar surface area (TPSA) is 86.2 Å². The fourth-order valence-corrected chi connectivity index (χ4v) is 2.15. The number of rotatable bonds is 1. The van der Waals surface area contributed by atoms with E-state index >= 15 is 0 Å². The minimum absolute atomic E-state index is 0.0498. The molecule has 0 atom stereocenters. The summed E-state index contributed by atoms with van der Waals surface area (Å²) < 4.78 is 27.3. The highest BCUT2D eigenvalue weighted by Crippen LogP contribution is 2.24. The van der Waals surface area contributed by atoms with Crippen LogP contribution in [0.1, 0.15) is 5.69 Å². The molecular formula is C8H8N2O3S. The van der Waals surface area contributed by atoms with Crippen molar-refractivity contribution in [1.82, 2.24) is 5.16 Å². The molecule has 0 bridgehead atoms. The molecule has 0 unspecified atom stereocenters. The molecular weight excluding hydrogens is 204 g/mol. The van der Waals surface area contributed by atoms with Crippen LogP contribution >= 0.6 is 0 Å². The third-order valence-corrected chi connectivity index (χ3v) is 2.89. The first kappa shape index (κ1) is 9.17. The Kier molecular flexibility index (Phi) is 1.83. The summed E-state index contributed by atoms with van der Waals surface area (Å²) in [6.07, 6.45) is 0. The van der Waals surface area contributed by atoms with Crippen LogP contribution in [0.25, 0.3) is 11.0 Å². The lowest BCUT2D eigenvalue weighted by atomic mass is 10.2. The van der Waals surface area contributed by atoms with Gasteiger partial charge in [-0.1, -0.05) is 11.2 Å². The Labute approximate surface area is 80.5 Å². The fourth-order valence-electron chi connectivity index (χ4n) is 1.34. The van der Waals surface area contributed by atoms with Gasteiger partial charge in [-0.25, -0.2) is 13.6 Å². The van der Waals surface area contributed by atoms with Crippen LogP contribution in [0, 0.1) is 6.92 Å². The van der Waals surface area contributed by atoms with Crippen LogP contribution in [-0.4, -0.2) is 13.6 Å². The van der Waals surface area contributed by atoms with Crippen LogP contribution in [0.3, 0.4) is 0 Å². The number of hydrogen-bond acceptors (Lipinski definition) is 4. The number of benzene rings is 1. The van der Waals surface area contributed by atoms with Gasteiger partial charge in [-0.15, -0.1) is 0 Å². The number of aromatic nitrogens is 1. The summed E-state index contributed by atoms with van der Waals surface area (Å²) in [5.41, 5.74) is 0.943. The molecule has 0 spiro atoms. The number of nitrogens with two attached hydrogens (primary N) is 1. The van der Waals surface area contributed by atoms with Crippen molar-refractivity contribution in [1.29, 1.82) is 0 Å². The maximum Gasteiger partial charge on any atom is 0.238 e. The van der Waals surface area contributed by atoms with Gasteiger partial charge in [0.2, 0.25) is 10.0 Å². The van der Waals surface area contributed by atoms with Gasteiger partial charge >= 0.3 is 0 Å². The SMILES string of the molecule is Cc1noc2cccc(S(N)(=O)=O)c12. The highest BCUT2D eigenvalue weighted by atomic mass is 32.2. The summed E-state index contributed by atoms with van der Waals surface area (Å²) in [6.45, 7) is 1.67. The van der Waals surface area contributed by atoms with Gasteiger partial charge in [-0.2, -0.15) is 0 Å². The first-order valence-electron chi connectivity index (χ1n) is 3.88. The molecule has 0 aliphatic rings. The Bertz CT molecular complexity index is 586. The van der Waals surface area contributed by atoms with Gasteiger partial charge in [-0.3, -0.25) is 0 Å². The van der Waals surface area contributed by atoms with E-state index in [9.17, 15) is 8.42 Å². The molecule has 14 heavy (non-hydrogen) atoms. The Morgan fingerprint density at radius 1 is 1.43 bits per heavy atom. The van der Waals surface area contributed by atoms with Crippen LogP contribution < -0.4 is 5.14 Å². The van der Waals surface area contributed by atoms with E-state index in [0.29, 0.717) is 16.7 Å². The number of fused-ring (bicyclic) bond motifs is 1. The lowest BCUT2D eigenvalue weighted by Gasteiger charge is -1.98. The summed E-state index contributed by atoms with van der Waals surface area (Å²) in [7, 11) is -3.72. The van der Waals surface area contributed by atoms with Gasteiger partial charge in [0.05, 0.1) is 16.0 Å². The fraction of sp³-hybridized carbons (Fsp3) is 0.125. The Hall–Kier alpha value is -1.40. The lowest BCUT2D eigenvalue weighted by Crippen LogP contribution is -2.12. The summed E-state index contributed by atoms with van der Waals surface area (Å²) in [6, 6.07) is 4.64. The largest absolute Gasteiger partial charge is 0.356 e. The molecule has 0 saturated carbocycles. The predicted octanol–water partition coefficient (Wildman–Crippen LogP) is 0.784. The minimum atomic E-state index is -3.72. The van der Waals surface area contributed by atoms with Crippen LogP contribution in [0.4, 0.5) is 0 Å². The van der Waals surface area contributed by atoms with Gasteiger partial charge in [0.15, 0.2) is 5.58 Å². The van der Waals surface area contributed by atoms with Crippen molar-refractivity contribution in [2.45, 2.75) is 11.8 Å². The van der Waals surface area contributed by atoms with Crippen LogP contribution in [-0.2, 0) is 10.0 Å². The molecule has 0 saturated heterocycles. The number of hydrogen-bond donors (Lipinski definition) is 1. The molecule has 0 amide bonds. The average Bonchev–Trinajstić information content (AvgIpc) is 2.46. The first-order valence-corrected chi connectivity index (χ1v) is 5.42. The second-order valence-corrected chi connectivity index (χ2v) is 4.47. The monoisotopic (exact) mass is 212 g/mol. The summed E-state index contributed by atoms with van der Waals surface area (Å²) in [4.78, 5) is 0.0498. The summed E-state index contributed by atoms with van der Waals surface area (Å²) in [5, 5.41) is 9.18. The molecule has 5 nitrogen and oxygen atoms in total. The van der Waals surface area contributed by atoms with Gasteiger partial charge in [0.25, 0.3) is 0 Å². The van der Waals surface area contributed by atoms with E-state index < -0.39 is 10.0 Å². The standard InChI is InChI=1S/C8H8N2O3S/c1-5-8-6(13-10-5)3-2-4-7(8)14(9,11)12/h2-4H,1H3,(H2,9,11,12). The normalized spacial score (nSPS) is 12.1. The summed E-state index contributed by atoms with van der Waals surface area (Å²) in [5.74, 6) is 0. The van der Waals surface area contributed by atoms with E-state index in [1.165, 1.54) is 6.07 Å². The number of primary sulfonamides is 1. The van der Waals surface area contributed by atoms with Crippen molar-refractivity contribution in [3.05, 3.63) is 23.9 Å². The van der Waals surface area contributed by atoms with Gasteiger partial charge in [-0.05, 0) is 19.1 Å². The van der Waals surface area contributed by atoms with E-state index in [1.807, 2.05) is 0 Å². The number of sulfonamides is 1. The van der Waals surface area contributed by atoms with E-state index in [2.05, 4.69) is 5.16 Å². The second-order valence-electron chi connectivity index (χ2n) is 2.94. The second kappa shape index (κ2) is 2.79. The van der Waals surface area contributed by atoms with Crippen molar-refractivity contribution in [3.63, 3.8) is 0 Å². The van der Waals surface area contributed by atoms with Crippen molar-refractivity contribution in [2.24, 2.45) is 5.14 Å². The van der Waals surface area contributed by atoms with E-state index in [1.54, 1.807) is 19.1 Å². The van der Waals surface area contributed by atoms with Crippen molar-refractivity contribution >= 4 is 21.0 Å². The third kappa shape index (κ3) is 1.28. The molecule has 2 rings (SSSR count). The van der Waals surface area contributed by atoms with E-state index in [4.69, 9.17) is 9.66 Å². The molecule has 2 N–H and O–H groups in total. The number of aryl methyl sites for hydroxylation is 1. The molecule has 0 aliphatic carbocycles. The molecule has 0 fully saturated rings. The zero-order valence-electron chi connectivity index (χ0n) is 7.39. The Morgan fingerprint density at radius 3 is 2.79 bits per heavy atom. The zero-order valence-corrected chi connectivity index (χ0v) is 8.21. The van der Waals surface area contributed by atoms with Gasteiger partial charge in [0.1, 0.15) is 0 Å². The summed E-state index contributed by atoms with van der Waals surface area (Å²) >= 11 is 0. The predicted molar refractivity (Wildman–Crippen MR) is 50.1 cm³/mol. The van der Waals surface area contributed by atoms with Crippen molar-refractivity contribution < 1.29 is 12.9 Å². The molecule has 1 aromatic heterocycles. The van der Waals surface area contributed by atoms with Crippen molar-refractivity contribution in [3.8, 4) is 0 Å². The Morgan fingerprint density at radius 2 is 2.14 bits per heavy atom. The smallest absolute Gasteiger partial charge is 0.238 e. The molecule has 0 aliphatic heterocycles. The molecule has 0 radical (unpaired) electrons. The van der Waals surface area contributed by atoms with Crippen LogP contribution in [0.5, 0.6) is 0 Å². The van der Waals surface area contributed by atoms with E-state index in [0.717, 1.165) is 0 Å². The molecule has 1 heterocycles. The van der Waals surface area contributed by atoms with Crippen LogP contribution in [0.15, 0.2) is 27.6 Å². The minimum Gasteiger partial charge on any atom is -0.356 e. The van der Waals surface area contributed by atoms with E-state index in [-0.39, 0.29) is 4.90 Å². The van der Waals surface area contributed by atoms with Crippen molar-refractivity contribution in [2.75, 3.05) is 0 Å². The molecule has 1 aromatic carbocycles. The number of nitrogens with zero attached hydrogens (tertiary/aromatic N) is 1. The maximum atomic E-state index is 11.2. The highest BCUT2D eigenvalue weighted by Gasteiger charge is 2.16. The van der Waals surface area contributed by atoms with Gasteiger partial charge in [0, 0.05) is 0 Å². The lowest BCUT2D eigenvalue weighted by molar-refractivity contribution is 0.450. The molecule has 6 heteroatoms. The molecule has 2 aromatic rings. The third-order valence-electron chi connectivity index (χ3n) is 1.94. The Balaban J connectivity index is 2.96. The average molecular weight is 212 g/mol.